The molecule has 2 amide bonds. The first-order valence-corrected chi connectivity index (χ1v) is 12.9. The van der Waals surface area contributed by atoms with Crippen molar-refractivity contribution in [3.63, 3.8) is 0 Å². The minimum atomic E-state index is -3.78. The second-order valence-electron chi connectivity index (χ2n) is 8.55. The summed E-state index contributed by atoms with van der Waals surface area (Å²) >= 11 is 6.02. The van der Waals surface area contributed by atoms with E-state index in [1.165, 1.54) is 4.90 Å². The predicted octanol–water partition coefficient (Wildman–Crippen LogP) is 3.66. The number of carbonyl (C=O) groups is 2. The van der Waals surface area contributed by atoms with E-state index in [4.69, 9.17) is 11.6 Å². The number of carbonyl (C=O) groups excluding carboxylic acids is 2. The average Bonchev–Trinajstić information content (AvgIpc) is 2.70. The molecule has 2 rings (SSSR count). The molecule has 2 aromatic rings. The molecular weight excluding hydrogens is 462 g/mol. The van der Waals surface area contributed by atoms with E-state index in [9.17, 15) is 18.0 Å². The molecule has 9 heteroatoms. The van der Waals surface area contributed by atoms with Crippen LogP contribution in [-0.2, 0) is 26.2 Å². The van der Waals surface area contributed by atoms with Gasteiger partial charge in [-0.2, -0.15) is 0 Å². The van der Waals surface area contributed by atoms with E-state index in [1.54, 1.807) is 32.0 Å². The lowest BCUT2D eigenvalue weighted by atomic mass is 10.1. The molecule has 1 unspecified atom stereocenters. The Morgan fingerprint density at radius 1 is 1.03 bits per heavy atom. The van der Waals surface area contributed by atoms with Crippen molar-refractivity contribution < 1.29 is 18.0 Å². The van der Waals surface area contributed by atoms with Gasteiger partial charge >= 0.3 is 0 Å². The monoisotopic (exact) mass is 493 g/mol. The second-order valence-corrected chi connectivity index (χ2v) is 10.9. The molecular formula is C24H32ClN3O4S. The van der Waals surface area contributed by atoms with E-state index in [-0.39, 0.29) is 18.5 Å². The molecule has 0 fully saturated rings. The number of anilines is 1. The normalized spacial score (nSPS) is 12.4. The van der Waals surface area contributed by atoms with Gasteiger partial charge < -0.3 is 10.2 Å². The number of amides is 2. The summed E-state index contributed by atoms with van der Waals surface area (Å²) in [5.41, 5.74) is 2.90. The highest BCUT2D eigenvalue weighted by molar-refractivity contribution is 7.92. The van der Waals surface area contributed by atoms with Gasteiger partial charge in [0.05, 0.1) is 11.9 Å². The molecule has 1 N–H and O–H groups in total. The minimum absolute atomic E-state index is 0.0967. The molecule has 33 heavy (non-hydrogen) atoms. The van der Waals surface area contributed by atoms with Crippen molar-refractivity contribution in [2.24, 2.45) is 0 Å². The Labute approximate surface area is 201 Å². The molecule has 7 nitrogen and oxygen atoms in total. The fraction of sp³-hybridized carbons (Fsp3) is 0.417. The summed E-state index contributed by atoms with van der Waals surface area (Å²) in [4.78, 5) is 27.6. The summed E-state index contributed by atoms with van der Waals surface area (Å²) in [6.07, 6.45) is 1.05. The number of benzene rings is 2. The van der Waals surface area contributed by atoms with Gasteiger partial charge in [-0.05, 0) is 63.9 Å². The zero-order valence-corrected chi connectivity index (χ0v) is 21.5. The lowest BCUT2D eigenvalue weighted by Gasteiger charge is -2.32. The number of rotatable bonds is 9. The zero-order valence-electron chi connectivity index (χ0n) is 19.9. The summed E-state index contributed by atoms with van der Waals surface area (Å²) in [5.74, 6) is -0.791. The van der Waals surface area contributed by atoms with Crippen molar-refractivity contribution >= 4 is 39.1 Å². The van der Waals surface area contributed by atoms with Gasteiger partial charge in [-0.25, -0.2) is 8.42 Å². The summed E-state index contributed by atoms with van der Waals surface area (Å²) in [6, 6.07) is 11.5. The largest absolute Gasteiger partial charge is 0.352 e. The summed E-state index contributed by atoms with van der Waals surface area (Å²) in [5, 5.41) is 3.29. The SMILES string of the molecule is Cc1ccc(CN(C(=O)CN(c2ccc(Cl)cc2C)S(C)(=O)=O)C(C)C(=O)NC(C)C)cc1. The lowest BCUT2D eigenvalue weighted by Crippen LogP contribution is -2.52. The lowest BCUT2D eigenvalue weighted by molar-refractivity contribution is -0.139. The third kappa shape index (κ3) is 7.47. The maximum Gasteiger partial charge on any atom is 0.244 e. The number of nitrogens with zero attached hydrogens (tertiary/aromatic N) is 2. The first-order chi connectivity index (χ1) is 15.3. The molecule has 0 saturated heterocycles. The molecule has 180 valence electrons. The van der Waals surface area contributed by atoms with Crippen LogP contribution in [0.2, 0.25) is 5.02 Å². The summed E-state index contributed by atoms with van der Waals surface area (Å²) in [6.45, 7) is 8.74. The van der Waals surface area contributed by atoms with Crippen molar-refractivity contribution in [2.45, 2.75) is 53.2 Å². The van der Waals surface area contributed by atoms with Gasteiger partial charge in [-0.15, -0.1) is 0 Å². The molecule has 0 aliphatic carbocycles. The van der Waals surface area contributed by atoms with E-state index in [2.05, 4.69) is 5.32 Å². The molecule has 0 saturated carbocycles. The molecule has 0 bridgehead atoms. The third-order valence-corrected chi connectivity index (χ3v) is 6.54. The molecule has 0 aliphatic heterocycles. The van der Waals surface area contributed by atoms with Crippen LogP contribution < -0.4 is 9.62 Å². The summed E-state index contributed by atoms with van der Waals surface area (Å²) in [7, 11) is -3.78. The fourth-order valence-corrected chi connectivity index (χ4v) is 4.51. The van der Waals surface area contributed by atoms with E-state index in [0.717, 1.165) is 21.7 Å². The van der Waals surface area contributed by atoms with Crippen molar-refractivity contribution in [2.75, 3.05) is 17.1 Å². The van der Waals surface area contributed by atoms with Gasteiger partial charge in [0.15, 0.2) is 0 Å². The highest BCUT2D eigenvalue weighted by Gasteiger charge is 2.30. The number of halogens is 1. The standard InChI is InChI=1S/C24H32ClN3O4S/c1-16(2)26-24(30)19(5)27(14-20-9-7-17(3)8-10-20)23(29)15-28(33(6,31)32)22-12-11-21(25)13-18(22)4/h7-13,16,19H,14-15H2,1-6H3,(H,26,30). The molecule has 1 atom stereocenters. The highest BCUT2D eigenvalue weighted by atomic mass is 35.5. The van der Waals surface area contributed by atoms with Crippen LogP contribution in [0, 0.1) is 13.8 Å². The zero-order chi connectivity index (χ0) is 24.9. The van der Waals surface area contributed by atoms with E-state index in [0.29, 0.717) is 16.3 Å². The fourth-order valence-electron chi connectivity index (χ4n) is 3.37. The van der Waals surface area contributed by atoms with Gasteiger partial charge in [0.2, 0.25) is 21.8 Å². The Balaban J connectivity index is 2.41. The Hall–Kier alpha value is -2.58. The van der Waals surface area contributed by atoms with Gasteiger partial charge in [-0.3, -0.25) is 13.9 Å². The van der Waals surface area contributed by atoms with Gasteiger partial charge in [0, 0.05) is 17.6 Å². The van der Waals surface area contributed by atoms with Crippen molar-refractivity contribution in [3.05, 3.63) is 64.2 Å². The summed E-state index contributed by atoms with van der Waals surface area (Å²) < 4.78 is 26.3. The third-order valence-electron chi connectivity index (χ3n) is 5.18. The molecule has 0 aromatic heterocycles. The number of hydrogen-bond donors (Lipinski definition) is 1. The van der Waals surface area contributed by atoms with E-state index >= 15 is 0 Å². The maximum absolute atomic E-state index is 13.5. The molecule has 0 radical (unpaired) electrons. The van der Waals surface area contributed by atoms with E-state index < -0.39 is 28.5 Å². The number of nitrogens with one attached hydrogen (secondary N) is 1. The maximum atomic E-state index is 13.5. The first-order valence-electron chi connectivity index (χ1n) is 10.7. The molecule has 2 aromatic carbocycles. The molecule has 0 heterocycles. The molecule has 0 aliphatic rings. The number of aryl methyl sites for hydroxylation is 2. The van der Waals surface area contributed by atoms with Gasteiger partial charge in [0.25, 0.3) is 0 Å². The molecule has 0 spiro atoms. The van der Waals surface area contributed by atoms with Crippen LogP contribution in [0.25, 0.3) is 0 Å². The minimum Gasteiger partial charge on any atom is -0.352 e. The topological polar surface area (TPSA) is 86.8 Å². The Morgan fingerprint density at radius 2 is 1.64 bits per heavy atom. The van der Waals surface area contributed by atoms with E-state index in [1.807, 2.05) is 45.0 Å². The quantitative estimate of drug-likeness (QED) is 0.577. The first kappa shape index (κ1) is 26.7. The van der Waals surface area contributed by atoms with Gasteiger partial charge in [0.1, 0.15) is 12.6 Å². The van der Waals surface area contributed by atoms with Crippen LogP contribution in [0.4, 0.5) is 5.69 Å². The van der Waals surface area contributed by atoms with Crippen molar-refractivity contribution in [1.29, 1.82) is 0 Å². The Kier molecular flexibility index (Phi) is 8.91. The Bertz CT molecular complexity index is 1100. The smallest absolute Gasteiger partial charge is 0.244 e. The van der Waals surface area contributed by atoms with Crippen LogP contribution in [0.3, 0.4) is 0 Å². The number of sulfonamides is 1. The highest BCUT2D eigenvalue weighted by Crippen LogP contribution is 2.26. The predicted molar refractivity (Wildman–Crippen MR) is 133 cm³/mol. The van der Waals surface area contributed by atoms with Crippen LogP contribution in [0.15, 0.2) is 42.5 Å². The van der Waals surface area contributed by atoms with Crippen LogP contribution in [0.5, 0.6) is 0 Å². The average molecular weight is 494 g/mol. The second kappa shape index (κ2) is 11.0. The van der Waals surface area contributed by atoms with Crippen molar-refractivity contribution in [3.8, 4) is 0 Å². The Morgan fingerprint density at radius 3 is 2.15 bits per heavy atom. The van der Waals surface area contributed by atoms with Crippen LogP contribution >= 0.6 is 11.6 Å². The number of hydrogen-bond acceptors (Lipinski definition) is 4. The van der Waals surface area contributed by atoms with Crippen molar-refractivity contribution in [1.82, 2.24) is 10.2 Å². The van der Waals surface area contributed by atoms with Crippen LogP contribution in [0.1, 0.15) is 37.5 Å². The van der Waals surface area contributed by atoms with Gasteiger partial charge in [-0.1, -0.05) is 41.4 Å². The van der Waals surface area contributed by atoms with Crippen LogP contribution in [-0.4, -0.2) is 50.0 Å².